The van der Waals surface area contributed by atoms with Crippen LogP contribution in [0.15, 0.2) is 17.5 Å². The lowest BCUT2D eigenvalue weighted by Gasteiger charge is -2.18. The summed E-state index contributed by atoms with van der Waals surface area (Å²) in [6, 6.07) is 3.54. The number of hydrogen-bond acceptors (Lipinski definition) is 6. The molecule has 0 bridgehead atoms. The highest BCUT2D eigenvalue weighted by Gasteiger charge is 2.21. The third-order valence-electron chi connectivity index (χ3n) is 3.13. The van der Waals surface area contributed by atoms with Crippen molar-refractivity contribution in [2.75, 3.05) is 21.3 Å². The number of thiazole rings is 1. The van der Waals surface area contributed by atoms with Gasteiger partial charge in [0.1, 0.15) is 0 Å². The molecule has 0 saturated heterocycles. The Morgan fingerprint density at radius 3 is 2.38 bits per heavy atom. The number of aromatic nitrogens is 1. The molecule has 2 aromatic rings. The molecule has 1 aromatic heterocycles. The third-order valence-corrected chi connectivity index (χ3v) is 4.12. The molecule has 0 aliphatic rings. The number of methoxy groups -OCH3 is 3. The van der Waals surface area contributed by atoms with Crippen LogP contribution in [0, 0.1) is 6.92 Å². The summed E-state index contributed by atoms with van der Waals surface area (Å²) in [5, 5.41) is 13.3. The normalized spacial score (nSPS) is 12.0. The zero-order chi connectivity index (χ0) is 15.4. The lowest BCUT2D eigenvalue weighted by molar-refractivity contribution is 0.172. The van der Waals surface area contributed by atoms with Crippen LogP contribution in [-0.4, -0.2) is 31.4 Å². The topological polar surface area (TPSA) is 60.8 Å². The highest BCUT2D eigenvalue weighted by molar-refractivity contribution is 7.09. The molecule has 0 saturated carbocycles. The van der Waals surface area contributed by atoms with Crippen molar-refractivity contribution < 1.29 is 19.3 Å². The molecule has 1 heterocycles. The molecule has 5 nitrogen and oxygen atoms in total. The first-order valence-corrected chi connectivity index (χ1v) is 7.36. The van der Waals surface area contributed by atoms with E-state index in [4.69, 9.17) is 14.2 Å². The van der Waals surface area contributed by atoms with E-state index in [1.807, 2.05) is 12.3 Å². The van der Waals surface area contributed by atoms with E-state index in [1.54, 1.807) is 33.5 Å². The van der Waals surface area contributed by atoms with Crippen molar-refractivity contribution in [1.29, 1.82) is 0 Å². The van der Waals surface area contributed by atoms with Crippen LogP contribution in [0.4, 0.5) is 0 Å². The van der Waals surface area contributed by atoms with E-state index in [0.717, 1.165) is 10.7 Å². The Bertz CT molecular complexity index is 612. The van der Waals surface area contributed by atoms with E-state index in [-0.39, 0.29) is 0 Å². The molecular formula is C15H19NO4S. The van der Waals surface area contributed by atoms with Crippen LogP contribution < -0.4 is 14.2 Å². The number of benzene rings is 1. The van der Waals surface area contributed by atoms with E-state index < -0.39 is 6.10 Å². The minimum absolute atomic E-state index is 0.435. The Morgan fingerprint density at radius 1 is 1.14 bits per heavy atom. The van der Waals surface area contributed by atoms with Gasteiger partial charge in [0, 0.05) is 23.1 Å². The van der Waals surface area contributed by atoms with E-state index in [0.29, 0.717) is 29.2 Å². The largest absolute Gasteiger partial charge is 0.493 e. The zero-order valence-corrected chi connectivity index (χ0v) is 13.4. The predicted octanol–water partition coefficient (Wildman–Crippen LogP) is 2.75. The van der Waals surface area contributed by atoms with Gasteiger partial charge in [-0.1, -0.05) is 0 Å². The molecule has 6 heteroatoms. The van der Waals surface area contributed by atoms with Crippen molar-refractivity contribution in [2.24, 2.45) is 0 Å². The van der Waals surface area contributed by atoms with Crippen LogP contribution in [-0.2, 0) is 6.42 Å². The van der Waals surface area contributed by atoms with Crippen molar-refractivity contribution in [3.05, 3.63) is 33.8 Å². The minimum atomic E-state index is -0.717. The van der Waals surface area contributed by atoms with Crippen LogP contribution in [0.25, 0.3) is 0 Å². The number of aryl methyl sites for hydroxylation is 1. The molecule has 1 unspecified atom stereocenters. The summed E-state index contributed by atoms with van der Waals surface area (Å²) < 4.78 is 16.0. The number of hydrogen-bond donors (Lipinski definition) is 1. The zero-order valence-electron chi connectivity index (χ0n) is 12.5. The molecule has 0 amide bonds. The van der Waals surface area contributed by atoms with Gasteiger partial charge >= 0.3 is 0 Å². The average molecular weight is 309 g/mol. The van der Waals surface area contributed by atoms with Gasteiger partial charge in [-0.25, -0.2) is 4.98 Å². The lowest BCUT2D eigenvalue weighted by Crippen LogP contribution is -2.06. The highest BCUT2D eigenvalue weighted by Crippen LogP contribution is 2.42. The average Bonchev–Trinajstić information content (AvgIpc) is 2.90. The molecule has 0 aliphatic heterocycles. The second-order valence-electron chi connectivity index (χ2n) is 4.53. The second kappa shape index (κ2) is 6.78. The first-order chi connectivity index (χ1) is 10.1. The number of aliphatic hydroxyl groups is 1. The summed E-state index contributed by atoms with van der Waals surface area (Å²) in [7, 11) is 4.65. The smallest absolute Gasteiger partial charge is 0.203 e. The quantitative estimate of drug-likeness (QED) is 0.889. The number of nitrogens with zero attached hydrogens (tertiary/aromatic N) is 1. The van der Waals surface area contributed by atoms with Gasteiger partial charge in [-0.3, -0.25) is 0 Å². The van der Waals surface area contributed by atoms with Crippen LogP contribution >= 0.6 is 11.3 Å². The molecule has 0 fully saturated rings. The lowest BCUT2D eigenvalue weighted by atomic mass is 10.0. The van der Waals surface area contributed by atoms with E-state index >= 15 is 0 Å². The highest BCUT2D eigenvalue weighted by atomic mass is 32.1. The fraction of sp³-hybridized carbons (Fsp3) is 0.400. The molecule has 1 atom stereocenters. The van der Waals surface area contributed by atoms with Crippen molar-refractivity contribution in [1.82, 2.24) is 4.98 Å². The monoisotopic (exact) mass is 309 g/mol. The van der Waals surface area contributed by atoms with Crippen molar-refractivity contribution in [3.63, 3.8) is 0 Å². The predicted molar refractivity (Wildman–Crippen MR) is 81.6 cm³/mol. The van der Waals surface area contributed by atoms with Gasteiger partial charge in [-0.2, -0.15) is 0 Å². The first-order valence-electron chi connectivity index (χ1n) is 6.48. The summed E-state index contributed by atoms with van der Waals surface area (Å²) in [6.45, 7) is 1.93. The van der Waals surface area contributed by atoms with Crippen LogP contribution in [0.2, 0.25) is 0 Å². The Morgan fingerprint density at radius 2 is 1.86 bits per heavy atom. The number of aliphatic hydroxyl groups excluding tert-OH is 1. The van der Waals surface area contributed by atoms with E-state index in [2.05, 4.69) is 4.98 Å². The minimum Gasteiger partial charge on any atom is -0.493 e. The Hall–Kier alpha value is -1.79. The van der Waals surface area contributed by atoms with Crippen LogP contribution in [0.1, 0.15) is 22.4 Å². The maximum Gasteiger partial charge on any atom is 0.203 e. The first kappa shape index (κ1) is 15.6. The molecule has 0 radical (unpaired) electrons. The Kier molecular flexibility index (Phi) is 5.03. The third kappa shape index (κ3) is 3.28. The molecule has 1 aromatic carbocycles. The van der Waals surface area contributed by atoms with Gasteiger partial charge in [-0.15, -0.1) is 11.3 Å². The van der Waals surface area contributed by atoms with Crippen LogP contribution in [0.3, 0.4) is 0 Å². The molecule has 21 heavy (non-hydrogen) atoms. The van der Waals surface area contributed by atoms with Crippen molar-refractivity contribution >= 4 is 11.3 Å². The van der Waals surface area contributed by atoms with Gasteiger partial charge in [0.05, 0.1) is 32.4 Å². The van der Waals surface area contributed by atoms with Crippen molar-refractivity contribution in [2.45, 2.75) is 19.4 Å². The standard InChI is InChI=1S/C15H19NO4S/c1-9-8-21-13(16-9)7-11(17)10-5-6-12(18-2)15(20-4)14(10)19-3/h5-6,8,11,17H,7H2,1-4H3. The Labute approximate surface area is 128 Å². The van der Waals surface area contributed by atoms with Gasteiger partial charge < -0.3 is 19.3 Å². The van der Waals surface area contributed by atoms with Gasteiger partial charge in [-0.05, 0) is 19.1 Å². The summed E-state index contributed by atoms with van der Waals surface area (Å²) in [4.78, 5) is 4.37. The molecule has 114 valence electrons. The summed E-state index contributed by atoms with van der Waals surface area (Å²) in [5.74, 6) is 1.53. The molecule has 0 aliphatic carbocycles. The van der Waals surface area contributed by atoms with Gasteiger partial charge in [0.2, 0.25) is 5.75 Å². The molecule has 1 N–H and O–H groups in total. The molecule has 2 rings (SSSR count). The fourth-order valence-corrected chi connectivity index (χ4v) is 2.97. The fourth-order valence-electron chi connectivity index (χ4n) is 2.16. The molecular weight excluding hydrogens is 290 g/mol. The maximum absolute atomic E-state index is 10.5. The summed E-state index contributed by atoms with van der Waals surface area (Å²) in [5.41, 5.74) is 1.62. The molecule has 0 spiro atoms. The summed E-state index contributed by atoms with van der Waals surface area (Å²) >= 11 is 1.54. The second-order valence-corrected chi connectivity index (χ2v) is 5.47. The van der Waals surface area contributed by atoms with Crippen molar-refractivity contribution in [3.8, 4) is 17.2 Å². The van der Waals surface area contributed by atoms with Gasteiger partial charge in [0.25, 0.3) is 0 Å². The van der Waals surface area contributed by atoms with E-state index in [1.165, 1.54) is 11.3 Å². The maximum atomic E-state index is 10.5. The van der Waals surface area contributed by atoms with Crippen LogP contribution in [0.5, 0.6) is 17.2 Å². The number of rotatable bonds is 6. The van der Waals surface area contributed by atoms with E-state index in [9.17, 15) is 5.11 Å². The Balaban J connectivity index is 2.33. The summed E-state index contributed by atoms with van der Waals surface area (Å²) in [6.07, 6.45) is -0.282. The van der Waals surface area contributed by atoms with Gasteiger partial charge in [0.15, 0.2) is 11.5 Å². The number of ether oxygens (including phenoxy) is 3. The SMILES string of the molecule is COc1ccc(C(O)Cc2nc(C)cs2)c(OC)c1OC.